The molecule has 0 amide bonds. The molecule has 2 saturated heterocycles. The molecule has 14 rings (SSSR count). The van der Waals surface area contributed by atoms with E-state index in [2.05, 4.69) is 122 Å². The molecular weight excluding hydrogens is 1130 g/mol. The molecule has 6 aromatic heterocycles. The first kappa shape index (κ1) is 55.2. The molecular formula is C62H62BrN15O6. The number of morpholine rings is 2. The SMILES string of the molecule is Brc1cn2ccnc2c(Nc2ccc(N3CCOCC3)cc2)n1.CCN(CCO)c1ccc(Nc2nc(-c3ccccc3CO)cn3ccnc23)cc1.c1cn2cc(-c3ccc4c(c3)OCO4)nc(Nc3ccc(N4CCOCC4)cc3)c2n1. The molecule has 0 unspecified atom stereocenters. The minimum atomic E-state index is -0.0498. The Kier molecular flexibility index (Phi) is 17.0. The van der Waals surface area contributed by atoms with Gasteiger partial charge in [-0.25, -0.2) is 29.9 Å². The largest absolute Gasteiger partial charge is 0.454 e. The number of hydrogen-bond donors (Lipinski definition) is 5. The van der Waals surface area contributed by atoms with Gasteiger partial charge in [-0.2, -0.15) is 0 Å². The number of anilines is 9. The Hall–Kier alpha value is -9.32. The van der Waals surface area contributed by atoms with Crippen LogP contribution in [0.15, 0.2) is 176 Å². The summed E-state index contributed by atoms with van der Waals surface area (Å²) in [6.45, 7) is 10.7. The van der Waals surface area contributed by atoms with Crippen LogP contribution in [0.5, 0.6) is 11.5 Å². The number of rotatable bonds is 15. The highest BCUT2D eigenvalue weighted by molar-refractivity contribution is 9.10. The number of fused-ring (bicyclic) bond motifs is 4. The van der Waals surface area contributed by atoms with Crippen molar-refractivity contribution in [2.24, 2.45) is 0 Å². The van der Waals surface area contributed by atoms with Crippen molar-refractivity contribution in [3.05, 3.63) is 181 Å². The molecule has 0 aliphatic carbocycles. The van der Waals surface area contributed by atoms with Gasteiger partial charge in [0.15, 0.2) is 45.9 Å². The second kappa shape index (κ2) is 25.9. The normalized spacial score (nSPS) is 13.8. The number of halogens is 1. The van der Waals surface area contributed by atoms with E-state index in [4.69, 9.17) is 28.9 Å². The van der Waals surface area contributed by atoms with Crippen molar-refractivity contribution in [1.82, 2.24) is 43.1 Å². The maximum atomic E-state index is 9.70. The Balaban J connectivity index is 0.000000125. The summed E-state index contributed by atoms with van der Waals surface area (Å²) < 4.78 is 28.4. The molecule has 11 aromatic rings. The van der Waals surface area contributed by atoms with Gasteiger partial charge in [-0.3, -0.25) is 0 Å². The van der Waals surface area contributed by atoms with E-state index in [1.165, 1.54) is 11.4 Å². The monoisotopic (exact) mass is 1190 g/mol. The number of aliphatic hydroxyl groups is 2. The molecule has 0 saturated carbocycles. The van der Waals surface area contributed by atoms with Crippen LogP contribution in [0, 0.1) is 0 Å². The summed E-state index contributed by atoms with van der Waals surface area (Å²) >= 11 is 3.43. The van der Waals surface area contributed by atoms with Crippen molar-refractivity contribution in [3.63, 3.8) is 0 Å². The highest BCUT2D eigenvalue weighted by Gasteiger charge is 2.19. The van der Waals surface area contributed by atoms with Gasteiger partial charge < -0.3 is 73.0 Å². The second-order valence-electron chi connectivity index (χ2n) is 19.7. The van der Waals surface area contributed by atoms with Gasteiger partial charge >= 0.3 is 0 Å². The summed E-state index contributed by atoms with van der Waals surface area (Å²) in [5, 5.41) is 29.1. The Morgan fingerprint density at radius 2 is 1.06 bits per heavy atom. The van der Waals surface area contributed by atoms with Crippen molar-refractivity contribution >= 4 is 84.4 Å². The molecule has 0 radical (unpaired) electrons. The number of nitrogens with zero attached hydrogens (tertiary/aromatic N) is 12. The lowest BCUT2D eigenvalue weighted by atomic mass is 10.1. The molecule has 0 bridgehead atoms. The van der Waals surface area contributed by atoms with Gasteiger partial charge in [-0.1, -0.05) is 24.3 Å². The fraction of sp³-hybridized carbons (Fsp3) is 0.226. The highest BCUT2D eigenvalue weighted by atomic mass is 79.9. The van der Waals surface area contributed by atoms with E-state index in [1.807, 2.05) is 117 Å². The number of imidazole rings is 3. The van der Waals surface area contributed by atoms with E-state index < -0.39 is 0 Å². The number of benzene rings is 5. The maximum absolute atomic E-state index is 9.70. The van der Waals surface area contributed by atoms with Crippen LogP contribution in [0.3, 0.4) is 0 Å². The zero-order valence-corrected chi connectivity index (χ0v) is 47.7. The highest BCUT2D eigenvalue weighted by Crippen LogP contribution is 2.37. The topological polar surface area (TPSA) is 214 Å². The summed E-state index contributed by atoms with van der Waals surface area (Å²) in [4.78, 5) is 34.2. The van der Waals surface area contributed by atoms with Gasteiger partial charge in [0.2, 0.25) is 6.79 Å². The summed E-state index contributed by atoms with van der Waals surface area (Å²) in [6.07, 6.45) is 16.7. The van der Waals surface area contributed by atoms with Crippen molar-refractivity contribution in [1.29, 1.82) is 0 Å². The fourth-order valence-electron chi connectivity index (χ4n) is 10.2. The van der Waals surface area contributed by atoms with Crippen molar-refractivity contribution in [3.8, 4) is 34.0 Å². The minimum Gasteiger partial charge on any atom is -0.454 e. The Morgan fingerprint density at radius 1 is 0.560 bits per heavy atom. The van der Waals surface area contributed by atoms with Gasteiger partial charge in [0.05, 0.1) is 51.0 Å². The van der Waals surface area contributed by atoms with E-state index in [0.29, 0.717) is 18.2 Å². The first-order chi connectivity index (χ1) is 41.4. The fourth-order valence-corrected chi connectivity index (χ4v) is 10.6. The Morgan fingerprint density at radius 3 is 1.61 bits per heavy atom. The van der Waals surface area contributed by atoms with Crippen LogP contribution in [0.25, 0.3) is 39.5 Å². The number of hydrogen-bond acceptors (Lipinski definition) is 18. The molecule has 428 valence electrons. The Labute approximate surface area is 492 Å². The Bertz CT molecular complexity index is 3980. The molecule has 22 heteroatoms. The summed E-state index contributed by atoms with van der Waals surface area (Å²) in [5.74, 6) is 3.55. The van der Waals surface area contributed by atoms with Gasteiger partial charge in [0.1, 0.15) is 4.60 Å². The first-order valence-corrected chi connectivity index (χ1v) is 28.5. The van der Waals surface area contributed by atoms with Gasteiger partial charge in [-0.05, 0) is 119 Å². The smallest absolute Gasteiger partial charge is 0.231 e. The number of aromatic nitrogens is 9. The lowest BCUT2D eigenvalue weighted by Crippen LogP contribution is -2.36. The molecule has 0 atom stereocenters. The summed E-state index contributed by atoms with van der Waals surface area (Å²) in [7, 11) is 0. The van der Waals surface area contributed by atoms with Crippen LogP contribution in [0.1, 0.15) is 12.5 Å². The molecule has 2 fully saturated rings. The third-order valence-corrected chi connectivity index (χ3v) is 14.9. The molecule has 0 spiro atoms. The third-order valence-electron chi connectivity index (χ3n) is 14.5. The summed E-state index contributed by atoms with van der Waals surface area (Å²) in [6, 6.07) is 38.3. The zero-order chi connectivity index (χ0) is 57.2. The van der Waals surface area contributed by atoms with Crippen LogP contribution in [0.2, 0.25) is 0 Å². The molecule has 5 N–H and O–H groups in total. The number of likely N-dealkylation sites (N-methyl/N-ethyl adjacent to an activating group) is 1. The first-order valence-electron chi connectivity index (χ1n) is 27.7. The molecule has 3 aliphatic rings. The minimum absolute atomic E-state index is 0.0498. The van der Waals surface area contributed by atoms with Crippen molar-refractivity contribution in [2.75, 3.05) is 110 Å². The van der Waals surface area contributed by atoms with Gasteiger partial charge in [-0.15, -0.1) is 0 Å². The van der Waals surface area contributed by atoms with Crippen LogP contribution in [0.4, 0.5) is 51.6 Å². The average Bonchev–Trinajstić information content (AvgIpc) is 4.57. The maximum Gasteiger partial charge on any atom is 0.231 e. The summed E-state index contributed by atoms with van der Waals surface area (Å²) in [5.41, 5.74) is 12.8. The number of ether oxygens (including phenoxy) is 4. The molecule has 5 aromatic carbocycles. The third kappa shape index (κ3) is 12.7. The molecule has 9 heterocycles. The predicted octanol–water partition coefficient (Wildman–Crippen LogP) is 10.2. The van der Waals surface area contributed by atoms with Crippen LogP contribution in [-0.4, -0.2) is 132 Å². The standard InChI is InChI=1S/C23H21N5O3.C23H25N5O2.C16H16BrN5O/c1-6-20-21(31-15-30-20)13-16(1)19-14-28-8-7-24-23(28)22(26-19)25-17-2-4-18(5-3-17)27-9-11-29-12-10-27;1-2-27(13-14-29)19-9-7-18(8-10-19)25-22-23-24-11-12-28(23)15-21(26-22)20-6-4-3-5-17(20)16-30;17-14-11-22-6-5-18-16(22)15(20-14)19-12-1-3-13(4-2-12)21-7-9-23-10-8-21/h1-8,13-14H,9-12,15H2,(H,25,26);3-12,15,29-30H,2,13-14,16H2,1H3,(H,25,26);1-6,11H,7-10H2,(H,19,20). The van der Waals surface area contributed by atoms with E-state index >= 15 is 0 Å². The van der Waals surface area contributed by atoms with Gasteiger partial charge in [0, 0.05) is 140 Å². The van der Waals surface area contributed by atoms with E-state index in [-0.39, 0.29) is 20.0 Å². The van der Waals surface area contributed by atoms with Crippen LogP contribution < -0.4 is 40.1 Å². The predicted molar refractivity (Wildman–Crippen MR) is 330 cm³/mol. The average molecular weight is 1190 g/mol. The molecule has 3 aliphatic heterocycles. The van der Waals surface area contributed by atoms with E-state index in [1.54, 1.807) is 18.6 Å². The molecule has 21 nitrogen and oxygen atoms in total. The van der Waals surface area contributed by atoms with E-state index in [0.717, 1.165) is 149 Å². The van der Waals surface area contributed by atoms with Crippen molar-refractivity contribution < 1.29 is 29.2 Å². The van der Waals surface area contributed by atoms with Crippen molar-refractivity contribution in [2.45, 2.75) is 13.5 Å². The van der Waals surface area contributed by atoms with Crippen LogP contribution in [-0.2, 0) is 16.1 Å². The lowest BCUT2D eigenvalue weighted by molar-refractivity contribution is 0.122. The second-order valence-corrected chi connectivity index (χ2v) is 20.5. The quantitative estimate of drug-likeness (QED) is 0.0646. The zero-order valence-electron chi connectivity index (χ0n) is 46.1. The van der Waals surface area contributed by atoms with E-state index in [9.17, 15) is 10.2 Å². The number of nitrogens with one attached hydrogen (secondary N) is 3. The molecule has 84 heavy (non-hydrogen) atoms. The lowest BCUT2D eigenvalue weighted by Gasteiger charge is -2.28. The number of aliphatic hydroxyl groups excluding tert-OH is 2. The van der Waals surface area contributed by atoms with Crippen LogP contribution >= 0.6 is 15.9 Å². The van der Waals surface area contributed by atoms with Gasteiger partial charge in [0.25, 0.3) is 0 Å².